The molecule has 0 radical (unpaired) electrons. The summed E-state index contributed by atoms with van der Waals surface area (Å²) in [5, 5.41) is 9.55. The summed E-state index contributed by atoms with van der Waals surface area (Å²) in [6.45, 7) is 0.956. The summed E-state index contributed by atoms with van der Waals surface area (Å²) >= 11 is 0. The van der Waals surface area contributed by atoms with Crippen molar-refractivity contribution in [1.82, 2.24) is 9.97 Å². The molecule has 1 aromatic heterocycles. The van der Waals surface area contributed by atoms with Crippen molar-refractivity contribution in [3.05, 3.63) is 65.9 Å². The van der Waals surface area contributed by atoms with E-state index in [1.807, 2.05) is 6.07 Å². The topological polar surface area (TPSA) is 68.0 Å². The first-order valence-corrected chi connectivity index (χ1v) is 9.22. The third-order valence-electron chi connectivity index (χ3n) is 4.63. The first-order chi connectivity index (χ1) is 14.1. The molecule has 2 heterocycles. The maximum atomic E-state index is 13.4. The van der Waals surface area contributed by atoms with Crippen LogP contribution in [0.2, 0.25) is 0 Å². The average molecular weight is 393 g/mol. The number of nitriles is 1. The Morgan fingerprint density at radius 3 is 2.07 bits per heavy atom. The predicted molar refractivity (Wildman–Crippen MR) is 102 cm³/mol. The molecule has 0 amide bonds. The largest absolute Gasteiger partial charge is 0.473 e. The molecule has 4 rings (SSSR count). The molecule has 1 aliphatic rings. The van der Waals surface area contributed by atoms with Gasteiger partial charge in [-0.2, -0.15) is 5.26 Å². The zero-order chi connectivity index (χ0) is 20.2. The maximum Gasteiger partial charge on any atom is 0.251 e. The molecule has 0 aliphatic carbocycles. The van der Waals surface area contributed by atoms with E-state index in [0.29, 0.717) is 29.1 Å². The van der Waals surface area contributed by atoms with Gasteiger partial charge in [-0.05, 0) is 61.4 Å². The Morgan fingerprint density at radius 1 is 0.966 bits per heavy atom. The van der Waals surface area contributed by atoms with Crippen LogP contribution in [0.3, 0.4) is 0 Å². The summed E-state index contributed by atoms with van der Waals surface area (Å²) in [6.07, 6.45) is 1.80. The molecule has 1 fully saturated rings. The van der Waals surface area contributed by atoms with Crippen LogP contribution in [0.25, 0.3) is 22.5 Å². The highest BCUT2D eigenvalue weighted by Crippen LogP contribution is 2.32. The SMILES string of the molecule is N#Cc1nc(-c2ccc(F)cc2)c(-c2ccc(F)cc2)nc1OCC1CCCO1. The second kappa shape index (κ2) is 8.33. The van der Waals surface area contributed by atoms with Gasteiger partial charge >= 0.3 is 0 Å². The maximum absolute atomic E-state index is 13.4. The second-order valence-corrected chi connectivity index (χ2v) is 6.65. The second-order valence-electron chi connectivity index (χ2n) is 6.65. The van der Waals surface area contributed by atoms with Crippen molar-refractivity contribution in [3.63, 3.8) is 0 Å². The van der Waals surface area contributed by atoms with Crippen LogP contribution in [-0.2, 0) is 4.74 Å². The number of nitrogens with zero attached hydrogens (tertiary/aromatic N) is 3. The van der Waals surface area contributed by atoms with Crippen molar-refractivity contribution >= 4 is 0 Å². The van der Waals surface area contributed by atoms with E-state index in [9.17, 15) is 14.0 Å². The Hall–Kier alpha value is -3.37. The fraction of sp³-hybridized carbons (Fsp3) is 0.227. The van der Waals surface area contributed by atoms with E-state index in [-0.39, 0.29) is 35.9 Å². The summed E-state index contributed by atoms with van der Waals surface area (Å²) in [6, 6.07) is 13.5. The minimum atomic E-state index is -0.387. The first kappa shape index (κ1) is 19.0. The van der Waals surface area contributed by atoms with Gasteiger partial charge < -0.3 is 9.47 Å². The molecule has 2 aromatic carbocycles. The lowest BCUT2D eigenvalue weighted by molar-refractivity contribution is 0.0661. The third-order valence-corrected chi connectivity index (χ3v) is 4.63. The van der Waals surface area contributed by atoms with Crippen molar-refractivity contribution < 1.29 is 18.3 Å². The summed E-state index contributed by atoms with van der Waals surface area (Å²) in [4.78, 5) is 8.95. The lowest BCUT2D eigenvalue weighted by Crippen LogP contribution is -2.17. The molecule has 1 unspecified atom stereocenters. The highest BCUT2D eigenvalue weighted by Gasteiger charge is 2.21. The van der Waals surface area contributed by atoms with Gasteiger partial charge in [-0.1, -0.05) is 0 Å². The zero-order valence-corrected chi connectivity index (χ0v) is 15.4. The van der Waals surface area contributed by atoms with Gasteiger partial charge in [0.05, 0.1) is 11.8 Å². The Kier molecular flexibility index (Phi) is 5.45. The van der Waals surface area contributed by atoms with Crippen LogP contribution in [-0.4, -0.2) is 29.3 Å². The number of halogens is 2. The highest BCUT2D eigenvalue weighted by atomic mass is 19.1. The van der Waals surface area contributed by atoms with Gasteiger partial charge in [0.1, 0.15) is 30.0 Å². The van der Waals surface area contributed by atoms with E-state index in [1.54, 1.807) is 24.3 Å². The Morgan fingerprint density at radius 2 is 1.55 bits per heavy atom. The molecular formula is C22H17F2N3O2. The number of rotatable bonds is 5. The Bertz CT molecular complexity index is 1040. The Balaban J connectivity index is 1.79. The Labute approximate surface area is 166 Å². The lowest BCUT2D eigenvalue weighted by atomic mass is 10.0. The van der Waals surface area contributed by atoms with Crippen LogP contribution in [0.15, 0.2) is 48.5 Å². The summed E-state index contributed by atoms with van der Waals surface area (Å²) < 4.78 is 38.1. The fourth-order valence-corrected chi connectivity index (χ4v) is 3.16. The van der Waals surface area contributed by atoms with Crippen molar-refractivity contribution in [3.8, 4) is 34.5 Å². The van der Waals surface area contributed by atoms with Gasteiger partial charge in [-0.25, -0.2) is 18.7 Å². The first-order valence-electron chi connectivity index (χ1n) is 9.22. The van der Waals surface area contributed by atoms with Gasteiger partial charge in [-0.3, -0.25) is 0 Å². The van der Waals surface area contributed by atoms with E-state index in [0.717, 1.165) is 12.8 Å². The summed E-state index contributed by atoms with van der Waals surface area (Å²) in [7, 11) is 0. The van der Waals surface area contributed by atoms with Gasteiger partial charge in [0.2, 0.25) is 5.69 Å². The van der Waals surface area contributed by atoms with Crippen LogP contribution in [0.4, 0.5) is 8.78 Å². The molecule has 3 aromatic rings. The lowest BCUT2D eigenvalue weighted by Gasteiger charge is -2.15. The number of ether oxygens (including phenoxy) is 2. The normalized spacial score (nSPS) is 15.8. The summed E-state index contributed by atoms with van der Waals surface area (Å²) in [5.41, 5.74) is 2.01. The van der Waals surface area contributed by atoms with Crippen LogP contribution in [0, 0.1) is 23.0 Å². The fourth-order valence-electron chi connectivity index (χ4n) is 3.16. The van der Waals surface area contributed by atoms with Crippen molar-refractivity contribution in [2.24, 2.45) is 0 Å². The van der Waals surface area contributed by atoms with Crippen LogP contribution >= 0.6 is 0 Å². The van der Waals surface area contributed by atoms with Gasteiger partial charge in [-0.15, -0.1) is 0 Å². The van der Waals surface area contributed by atoms with E-state index >= 15 is 0 Å². The van der Waals surface area contributed by atoms with E-state index in [1.165, 1.54) is 24.3 Å². The van der Waals surface area contributed by atoms with Crippen molar-refractivity contribution in [2.45, 2.75) is 18.9 Å². The quantitative estimate of drug-likeness (QED) is 0.638. The van der Waals surface area contributed by atoms with Crippen molar-refractivity contribution in [2.75, 3.05) is 13.2 Å². The zero-order valence-electron chi connectivity index (χ0n) is 15.4. The van der Waals surface area contributed by atoms with Gasteiger partial charge in [0.15, 0.2) is 0 Å². The van der Waals surface area contributed by atoms with Crippen LogP contribution < -0.4 is 4.74 Å². The van der Waals surface area contributed by atoms with E-state index < -0.39 is 0 Å². The van der Waals surface area contributed by atoms with Crippen LogP contribution in [0.5, 0.6) is 5.88 Å². The van der Waals surface area contributed by atoms with Gasteiger partial charge in [0, 0.05) is 17.7 Å². The monoisotopic (exact) mass is 393 g/mol. The standard InChI is InChI=1S/C22H17F2N3O2/c23-16-7-3-14(4-8-16)20-21(15-5-9-17(24)10-6-15)27-22(19(12-25)26-20)29-13-18-2-1-11-28-18/h3-10,18H,1-2,11,13H2. The minimum absolute atomic E-state index is 0.0215. The molecule has 29 heavy (non-hydrogen) atoms. The molecule has 1 atom stereocenters. The smallest absolute Gasteiger partial charge is 0.251 e. The molecule has 0 spiro atoms. The van der Waals surface area contributed by atoms with Gasteiger partial charge in [0.25, 0.3) is 5.88 Å². The molecule has 146 valence electrons. The van der Waals surface area contributed by atoms with E-state index in [4.69, 9.17) is 9.47 Å². The number of aromatic nitrogens is 2. The number of hydrogen-bond donors (Lipinski definition) is 0. The molecule has 0 N–H and O–H groups in total. The molecule has 0 saturated carbocycles. The number of hydrogen-bond acceptors (Lipinski definition) is 5. The molecule has 5 nitrogen and oxygen atoms in total. The van der Waals surface area contributed by atoms with Crippen molar-refractivity contribution in [1.29, 1.82) is 5.26 Å². The van der Waals surface area contributed by atoms with Crippen LogP contribution in [0.1, 0.15) is 18.5 Å². The third kappa shape index (κ3) is 4.23. The highest BCUT2D eigenvalue weighted by molar-refractivity contribution is 5.78. The molecule has 1 saturated heterocycles. The number of benzene rings is 2. The molecule has 0 bridgehead atoms. The molecular weight excluding hydrogens is 376 g/mol. The minimum Gasteiger partial charge on any atom is -0.473 e. The average Bonchev–Trinajstić information content (AvgIpc) is 3.26. The summed E-state index contributed by atoms with van der Waals surface area (Å²) in [5.74, 6) is -0.677. The molecule has 1 aliphatic heterocycles. The van der Waals surface area contributed by atoms with E-state index in [2.05, 4.69) is 9.97 Å². The molecule has 7 heteroatoms. The predicted octanol–water partition coefficient (Wildman–Crippen LogP) is 4.52.